The number of morpholine rings is 1. The number of ether oxygens (including phenoxy) is 1. The fourth-order valence-corrected chi connectivity index (χ4v) is 2.67. The Morgan fingerprint density at radius 3 is 2.95 bits per heavy atom. The molecule has 1 saturated heterocycles. The fourth-order valence-electron chi connectivity index (χ4n) is 2.67. The average Bonchev–Trinajstić information content (AvgIpc) is 3.01. The van der Waals surface area contributed by atoms with Crippen molar-refractivity contribution in [3.8, 4) is 0 Å². The highest BCUT2D eigenvalue weighted by molar-refractivity contribution is 5.93. The van der Waals surface area contributed by atoms with E-state index in [0.717, 1.165) is 31.7 Å². The van der Waals surface area contributed by atoms with E-state index in [-0.39, 0.29) is 24.1 Å². The summed E-state index contributed by atoms with van der Waals surface area (Å²) in [4.78, 5) is 14.7. The highest BCUT2D eigenvalue weighted by Gasteiger charge is 2.27. The summed E-state index contributed by atoms with van der Waals surface area (Å²) in [6, 6.07) is 1.96. The van der Waals surface area contributed by atoms with Crippen molar-refractivity contribution in [2.75, 3.05) is 25.0 Å². The summed E-state index contributed by atoms with van der Waals surface area (Å²) in [7, 11) is 0. The number of hydrogen-bond donors (Lipinski definition) is 1. The monoisotopic (exact) mass is 308 g/mol. The first kappa shape index (κ1) is 17.0. The van der Waals surface area contributed by atoms with E-state index in [4.69, 9.17) is 4.74 Å². The summed E-state index contributed by atoms with van der Waals surface area (Å²) in [6.45, 7) is 10.6. The van der Waals surface area contributed by atoms with Gasteiger partial charge in [-0.05, 0) is 26.7 Å². The van der Waals surface area contributed by atoms with Gasteiger partial charge in [-0.1, -0.05) is 13.8 Å². The van der Waals surface area contributed by atoms with Gasteiger partial charge in [0, 0.05) is 19.2 Å². The molecule has 0 saturated carbocycles. The molecule has 0 radical (unpaired) electrons. The number of carbonyl (C=O) groups is 1. The van der Waals surface area contributed by atoms with Gasteiger partial charge in [0.1, 0.15) is 5.82 Å². The van der Waals surface area contributed by atoms with E-state index in [1.807, 2.05) is 17.7 Å². The maximum Gasteiger partial charge on any atom is 0.242 e. The zero-order valence-corrected chi connectivity index (χ0v) is 14.1. The molecule has 0 aliphatic carbocycles. The lowest BCUT2D eigenvalue weighted by molar-refractivity contribution is -0.124. The number of carbonyl (C=O) groups excluding carboxylic acids is 1. The minimum Gasteiger partial charge on any atom is -0.376 e. The van der Waals surface area contributed by atoms with Crippen molar-refractivity contribution in [1.29, 1.82) is 0 Å². The SMILES string of the molecule is CC[C@@H]1CN([C@H](C)C(=O)Nc2ccnn2[C@@H](C)CC)CCO1. The van der Waals surface area contributed by atoms with Crippen molar-refractivity contribution in [3.63, 3.8) is 0 Å². The summed E-state index contributed by atoms with van der Waals surface area (Å²) in [6.07, 6.45) is 3.91. The Kier molecular flexibility index (Phi) is 5.97. The second-order valence-electron chi connectivity index (χ2n) is 5.98. The molecule has 1 fully saturated rings. The number of nitrogens with one attached hydrogen (secondary N) is 1. The van der Waals surface area contributed by atoms with E-state index in [1.54, 1.807) is 6.20 Å². The van der Waals surface area contributed by atoms with Crippen LogP contribution in [-0.2, 0) is 9.53 Å². The topological polar surface area (TPSA) is 59.4 Å². The van der Waals surface area contributed by atoms with Crippen LogP contribution in [0.2, 0.25) is 0 Å². The number of aromatic nitrogens is 2. The third kappa shape index (κ3) is 3.87. The Bertz CT molecular complexity index is 488. The summed E-state index contributed by atoms with van der Waals surface area (Å²) in [5.41, 5.74) is 0. The maximum atomic E-state index is 12.5. The van der Waals surface area contributed by atoms with Crippen molar-refractivity contribution < 1.29 is 9.53 Å². The van der Waals surface area contributed by atoms with Crippen LogP contribution in [0.4, 0.5) is 5.82 Å². The van der Waals surface area contributed by atoms with E-state index in [0.29, 0.717) is 6.61 Å². The summed E-state index contributed by atoms with van der Waals surface area (Å²) < 4.78 is 7.54. The number of rotatable bonds is 6. The Morgan fingerprint density at radius 1 is 1.50 bits per heavy atom. The first-order chi connectivity index (χ1) is 10.6. The van der Waals surface area contributed by atoms with E-state index in [1.165, 1.54) is 0 Å². The van der Waals surface area contributed by atoms with E-state index in [2.05, 4.69) is 36.1 Å². The molecule has 1 aromatic rings. The quantitative estimate of drug-likeness (QED) is 0.876. The second-order valence-corrected chi connectivity index (χ2v) is 5.98. The smallest absolute Gasteiger partial charge is 0.242 e. The average molecular weight is 308 g/mol. The van der Waals surface area contributed by atoms with Gasteiger partial charge in [0.15, 0.2) is 0 Å². The normalized spacial score (nSPS) is 22.3. The molecule has 0 spiro atoms. The van der Waals surface area contributed by atoms with Crippen LogP contribution in [0.1, 0.15) is 46.6 Å². The van der Waals surface area contributed by atoms with Crippen LogP contribution in [0.3, 0.4) is 0 Å². The van der Waals surface area contributed by atoms with Gasteiger partial charge in [-0.25, -0.2) is 4.68 Å². The first-order valence-corrected chi connectivity index (χ1v) is 8.26. The predicted molar refractivity (Wildman–Crippen MR) is 86.9 cm³/mol. The van der Waals surface area contributed by atoms with Crippen molar-refractivity contribution >= 4 is 11.7 Å². The molecule has 1 N–H and O–H groups in total. The summed E-state index contributed by atoms with van der Waals surface area (Å²) in [5, 5.41) is 7.32. The van der Waals surface area contributed by atoms with Crippen LogP contribution < -0.4 is 5.32 Å². The first-order valence-electron chi connectivity index (χ1n) is 8.26. The zero-order valence-electron chi connectivity index (χ0n) is 14.1. The molecule has 3 atom stereocenters. The van der Waals surface area contributed by atoms with E-state index in [9.17, 15) is 4.79 Å². The van der Waals surface area contributed by atoms with Crippen LogP contribution in [0, 0.1) is 0 Å². The van der Waals surface area contributed by atoms with Gasteiger partial charge in [0.25, 0.3) is 0 Å². The van der Waals surface area contributed by atoms with Crippen LogP contribution in [-0.4, -0.2) is 52.4 Å². The summed E-state index contributed by atoms with van der Waals surface area (Å²) in [5.74, 6) is 0.785. The van der Waals surface area contributed by atoms with Crippen LogP contribution in [0.5, 0.6) is 0 Å². The lowest BCUT2D eigenvalue weighted by Crippen LogP contribution is -2.50. The lowest BCUT2D eigenvalue weighted by atomic mass is 10.1. The van der Waals surface area contributed by atoms with Gasteiger partial charge in [0.05, 0.1) is 31.0 Å². The van der Waals surface area contributed by atoms with E-state index >= 15 is 0 Å². The van der Waals surface area contributed by atoms with Crippen molar-refractivity contribution in [2.24, 2.45) is 0 Å². The molecule has 1 aliphatic heterocycles. The molecule has 1 aliphatic rings. The Balaban J connectivity index is 1.98. The molecule has 1 amide bonds. The highest BCUT2D eigenvalue weighted by atomic mass is 16.5. The molecule has 22 heavy (non-hydrogen) atoms. The molecule has 124 valence electrons. The lowest BCUT2D eigenvalue weighted by Gasteiger charge is -2.35. The minimum absolute atomic E-state index is 0.0156. The van der Waals surface area contributed by atoms with Gasteiger partial charge in [-0.2, -0.15) is 5.10 Å². The largest absolute Gasteiger partial charge is 0.376 e. The van der Waals surface area contributed by atoms with Crippen molar-refractivity contribution in [3.05, 3.63) is 12.3 Å². The van der Waals surface area contributed by atoms with Gasteiger partial charge < -0.3 is 10.1 Å². The number of nitrogens with zero attached hydrogens (tertiary/aromatic N) is 3. The van der Waals surface area contributed by atoms with Gasteiger partial charge in [-0.3, -0.25) is 9.69 Å². The van der Waals surface area contributed by atoms with Crippen molar-refractivity contribution in [2.45, 2.75) is 58.7 Å². The molecular formula is C16H28N4O2. The highest BCUT2D eigenvalue weighted by Crippen LogP contribution is 2.18. The van der Waals surface area contributed by atoms with E-state index < -0.39 is 0 Å². The van der Waals surface area contributed by atoms with Crippen LogP contribution in [0.25, 0.3) is 0 Å². The molecule has 6 heteroatoms. The second kappa shape index (κ2) is 7.74. The molecule has 1 aromatic heterocycles. The molecule has 6 nitrogen and oxygen atoms in total. The predicted octanol–water partition coefficient (Wildman–Crippen LogP) is 2.29. The number of amides is 1. The molecule has 0 unspecified atom stereocenters. The van der Waals surface area contributed by atoms with Gasteiger partial charge in [-0.15, -0.1) is 0 Å². The Morgan fingerprint density at radius 2 is 2.27 bits per heavy atom. The molecule has 2 heterocycles. The van der Waals surface area contributed by atoms with Crippen molar-refractivity contribution in [1.82, 2.24) is 14.7 Å². The summed E-state index contributed by atoms with van der Waals surface area (Å²) >= 11 is 0. The minimum atomic E-state index is -0.168. The third-order valence-corrected chi connectivity index (χ3v) is 4.48. The fraction of sp³-hybridized carbons (Fsp3) is 0.750. The van der Waals surface area contributed by atoms with Crippen LogP contribution in [0.15, 0.2) is 12.3 Å². The third-order valence-electron chi connectivity index (χ3n) is 4.48. The number of anilines is 1. The standard InChI is InChI=1S/C16H28N4O2/c1-5-12(3)20-15(7-8-17-20)18-16(21)13(4)19-9-10-22-14(6-2)11-19/h7-8,12-14H,5-6,9-11H2,1-4H3,(H,18,21)/t12-,13+,14+/m0/s1. The molecule has 0 bridgehead atoms. The maximum absolute atomic E-state index is 12.5. The Labute approximate surface area is 132 Å². The van der Waals surface area contributed by atoms with Crippen LogP contribution >= 0.6 is 0 Å². The van der Waals surface area contributed by atoms with Gasteiger partial charge >= 0.3 is 0 Å². The number of hydrogen-bond acceptors (Lipinski definition) is 4. The molecule has 0 aromatic carbocycles. The molecular weight excluding hydrogens is 280 g/mol. The molecule has 2 rings (SSSR count). The Hall–Kier alpha value is -1.40. The zero-order chi connectivity index (χ0) is 16.1. The van der Waals surface area contributed by atoms with Gasteiger partial charge in [0.2, 0.25) is 5.91 Å².